The third-order valence-corrected chi connectivity index (χ3v) is 6.33. The zero-order chi connectivity index (χ0) is 22.7. The monoisotopic (exact) mass is 444 g/mol. The van der Waals surface area contributed by atoms with Gasteiger partial charge in [0.15, 0.2) is 0 Å². The number of amides is 1. The molecule has 0 saturated carbocycles. The standard InChI is InChI=1S/C20H23F3N2O4S/c1-19(2,15-8-6-9-16(12-15)20(21,22)23)13-24-18(26)14-7-5-10-17(11-14)30(27,28)25(3)29-4/h5-12H,13H2,1-4H3,(H,24,26). The molecule has 0 aliphatic heterocycles. The third kappa shape index (κ3) is 5.38. The Bertz CT molecular complexity index is 1020. The van der Waals surface area contributed by atoms with Gasteiger partial charge in [-0.2, -0.15) is 13.2 Å². The van der Waals surface area contributed by atoms with Gasteiger partial charge in [0.05, 0.1) is 17.6 Å². The van der Waals surface area contributed by atoms with Gasteiger partial charge in [-0.25, -0.2) is 8.42 Å². The summed E-state index contributed by atoms with van der Waals surface area (Å²) < 4.78 is 64.3. The maximum atomic E-state index is 13.0. The molecular formula is C20H23F3N2O4S. The minimum atomic E-state index is -4.46. The van der Waals surface area contributed by atoms with E-state index in [-0.39, 0.29) is 17.0 Å². The van der Waals surface area contributed by atoms with Gasteiger partial charge in [0, 0.05) is 24.6 Å². The van der Waals surface area contributed by atoms with Crippen LogP contribution in [0, 0.1) is 0 Å². The minimum absolute atomic E-state index is 0.0437. The van der Waals surface area contributed by atoms with Crippen molar-refractivity contribution in [2.45, 2.75) is 30.3 Å². The average molecular weight is 444 g/mol. The topological polar surface area (TPSA) is 75.7 Å². The lowest BCUT2D eigenvalue weighted by Crippen LogP contribution is -2.37. The molecule has 2 aromatic rings. The Labute approximate surface area is 173 Å². The smallest absolute Gasteiger partial charge is 0.351 e. The van der Waals surface area contributed by atoms with Crippen molar-refractivity contribution in [1.29, 1.82) is 0 Å². The van der Waals surface area contributed by atoms with E-state index in [0.717, 1.165) is 12.1 Å². The molecule has 0 heterocycles. The lowest BCUT2D eigenvalue weighted by molar-refractivity contribution is -0.137. The van der Waals surface area contributed by atoms with Gasteiger partial charge in [-0.05, 0) is 29.8 Å². The van der Waals surface area contributed by atoms with Crippen LogP contribution in [0.2, 0.25) is 0 Å². The summed E-state index contributed by atoms with van der Waals surface area (Å²) in [5.74, 6) is -0.549. The molecule has 0 aliphatic carbocycles. The maximum Gasteiger partial charge on any atom is 0.416 e. The maximum absolute atomic E-state index is 13.0. The van der Waals surface area contributed by atoms with Crippen molar-refractivity contribution in [3.8, 4) is 0 Å². The SMILES string of the molecule is CON(C)S(=O)(=O)c1cccc(C(=O)NCC(C)(C)c2cccc(C(F)(F)F)c2)c1. The molecule has 0 aliphatic rings. The second-order valence-electron chi connectivity index (χ2n) is 7.27. The summed E-state index contributed by atoms with van der Waals surface area (Å²) >= 11 is 0. The molecule has 164 valence electrons. The van der Waals surface area contributed by atoms with Crippen molar-refractivity contribution in [3.63, 3.8) is 0 Å². The molecule has 0 spiro atoms. The molecule has 0 bridgehead atoms. The molecule has 0 radical (unpaired) electrons. The molecule has 30 heavy (non-hydrogen) atoms. The number of alkyl halides is 3. The largest absolute Gasteiger partial charge is 0.416 e. The molecule has 0 fully saturated rings. The van der Waals surface area contributed by atoms with E-state index < -0.39 is 33.1 Å². The number of hydroxylamine groups is 1. The van der Waals surface area contributed by atoms with Crippen LogP contribution in [0.25, 0.3) is 0 Å². The Morgan fingerprint density at radius 2 is 1.67 bits per heavy atom. The highest BCUT2D eigenvalue weighted by Crippen LogP contribution is 2.32. The van der Waals surface area contributed by atoms with Crippen LogP contribution >= 0.6 is 0 Å². The summed E-state index contributed by atoms with van der Waals surface area (Å²) in [5.41, 5.74) is -1.05. The molecule has 1 amide bonds. The van der Waals surface area contributed by atoms with E-state index >= 15 is 0 Å². The summed E-state index contributed by atoms with van der Waals surface area (Å²) in [5, 5.41) is 2.66. The van der Waals surface area contributed by atoms with Gasteiger partial charge in [0.1, 0.15) is 0 Å². The molecule has 2 rings (SSSR count). The van der Waals surface area contributed by atoms with Crippen molar-refractivity contribution < 1.29 is 31.2 Å². The summed E-state index contributed by atoms with van der Waals surface area (Å²) in [4.78, 5) is 17.1. The summed E-state index contributed by atoms with van der Waals surface area (Å²) in [6.45, 7) is 3.45. The summed E-state index contributed by atoms with van der Waals surface area (Å²) in [7, 11) is -1.51. The first kappa shape index (κ1) is 23.8. The number of carbonyl (C=O) groups is 1. The number of benzene rings is 2. The highest BCUT2D eigenvalue weighted by atomic mass is 32.2. The van der Waals surface area contributed by atoms with Crippen molar-refractivity contribution in [3.05, 3.63) is 65.2 Å². The highest BCUT2D eigenvalue weighted by molar-refractivity contribution is 7.89. The van der Waals surface area contributed by atoms with Crippen LogP contribution in [0.5, 0.6) is 0 Å². The third-order valence-electron chi connectivity index (χ3n) is 4.65. The molecular weight excluding hydrogens is 421 g/mol. The van der Waals surface area contributed by atoms with Crippen LogP contribution in [-0.2, 0) is 26.5 Å². The Morgan fingerprint density at radius 1 is 1.07 bits per heavy atom. The molecule has 0 aromatic heterocycles. The van der Waals surface area contributed by atoms with E-state index in [1.165, 1.54) is 44.5 Å². The van der Waals surface area contributed by atoms with Gasteiger partial charge >= 0.3 is 6.18 Å². The van der Waals surface area contributed by atoms with E-state index in [0.29, 0.717) is 10.0 Å². The number of sulfonamides is 1. The summed E-state index contributed by atoms with van der Waals surface area (Å²) in [6, 6.07) is 10.3. The Balaban J connectivity index is 2.19. The number of nitrogens with one attached hydrogen (secondary N) is 1. The second kappa shape index (κ2) is 8.75. The predicted octanol–water partition coefficient (Wildman–Crippen LogP) is 3.59. The summed E-state index contributed by atoms with van der Waals surface area (Å²) in [6.07, 6.45) is -4.46. The lowest BCUT2D eigenvalue weighted by atomic mass is 9.83. The Hall–Kier alpha value is -2.43. The van der Waals surface area contributed by atoms with Crippen LogP contribution in [0.1, 0.15) is 35.3 Å². The van der Waals surface area contributed by atoms with Crippen LogP contribution in [0.4, 0.5) is 13.2 Å². The molecule has 2 aromatic carbocycles. The van der Waals surface area contributed by atoms with E-state index in [1.54, 1.807) is 19.9 Å². The first-order valence-corrected chi connectivity index (χ1v) is 10.3. The minimum Gasteiger partial charge on any atom is -0.351 e. The molecule has 1 N–H and O–H groups in total. The fourth-order valence-corrected chi connectivity index (χ4v) is 3.69. The van der Waals surface area contributed by atoms with Gasteiger partial charge in [0.2, 0.25) is 0 Å². The lowest BCUT2D eigenvalue weighted by Gasteiger charge is -2.26. The first-order chi connectivity index (χ1) is 13.8. The molecule has 0 atom stereocenters. The first-order valence-electron chi connectivity index (χ1n) is 8.88. The van der Waals surface area contributed by atoms with E-state index in [2.05, 4.69) is 5.32 Å². The van der Waals surface area contributed by atoms with E-state index in [4.69, 9.17) is 4.84 Å². The zero-order valence-corrected chi connectivity index (χ0v) is 17.8. The van der Waals surface area contributed by atoms with Gasteiger partial charge in [-0.1, -0.05) is 42.6 Å². The number of rotatable bonds is 7. The van der Waals surface area contributed by atoms with Gasteiger partial charge in [-0.3, -0.25) is 9.63 Å². The van der Waals surface area contributed by atoms with Crippen molar-refractivity contribution in [1.82, 2.24) is 9.79 Å². The number of hydrogen-bond acceptors (Lipinski definition) is 4. The Kier molecular flexibility index (Phi) is 6.95. The van der Waals surface area contributed by atoms with Gasteiger partial charge in [-0.15, -0.1) is 0 Å². The predicted molar refractivity (Wildman–Crippen MR) is 105 cm³/mol. The van der Waals surface area contributed by atoms with E-state index in [1.807, 2.05) is 0 Å². The number of nitrogens with zero attached hydrogens (tertiary/aromatic N) is 1. The van der Waals surface area contributed by atoms with Crippen molar-refractivity contribution >= 4 is 15.9 Å². The number of halogens is 3. The van der Waals surface area contributed by atoms with Crippen LogP contribution in [0.15, 0.2) is 53.4 Å². The molecule has 0 saturated heterocycles. The molecule has 6 nitrogen and oxygen atoms in total. The number of carbonyl (C=O) groups excluding carboxylic acids is 1. The van der Waals surface area contributed by atoms with Crippen molar-refractivity contribution in [2.75, 3.05) is 20.7 Å². The molecule has 10 heteroatoms. The highest BCUT2D eigenvalue weighted by Gasteiger charge is 2.32. The van der Waals surface area contributed by atoms with Crippen LogP contribution < -0.4 is 5.32 Å². The second-order valence-corrected chi connectivity index (χ2v) is 9.21. The van der Waals surface area contributed by atoms with Gasteiger partial charge < -0.3 is 5.32 Å². The average Bonchev–Trinajstić information content (AvgIpc) is 2.71. The normalized spacial score (nSPS) is 12.8. The Morgan fingerprint density at radius 3 is 2.27 bits per heavy atom. The zero-order valence-electron chi connectivity index (χ0n) is 16.9. The number of hydrogen-bond donors (Lipinski definition) is 1. The fraction of sp³-hybridized carbons (Fsp3) is 0.350. The van der Waals surface area contributed by atoms with Crippen molar-refractivity contribution in [2.24, 2.45) is 0 Å². The van der Waals surface area contributed by atoms with E-state index in [9.17, 15) is 26.4 Å². The van der Waals surface area contributed by atoms with Gasteiger partial charge in [0.25, 0.3) is 15.9 Å². The molecule has 0 unspecified atom stereocenters. The fourth-order valence-electron chi connectivity index (χ4n) is 2.67. The van der Waals surface area contributed by atoms with Crippen LogP contribution in [0.3, 0.4) is 0 Å². The quantitative estimate of drug-likeness (QED) is 0.663. The van der Waals surface area contributed by atoms with Crippen LogP contribution in [-0.4, -0.2) is 39.5 Å².